The van der Waals surface area contributed by atoms with Crippen LogP contribution < -0.4 is 0 Å². The molecular weight excluding hydrogens is 331 g/mol. The molecule has 2 aromatic rings. The summed E-state index contributed by atoms with van der Waals surface area (Å²) < 4.78 is 63.4. The van der Waals surface area contributed by atoms with Crippen molar-refractivity contribution in [2.75, 3.05) is 0 Å². The SMILES string of the molecule is CCCCCc1ccc(-c2ccc(S(F)(F)(F)(F)F)cc2)cc1. The summed E-state index contributed by atoms with van der Waals surface area (Å²) >= 11 is 0. The highest BCUT2D eigenvalue weighted by Crippen LogP contribution is 3.02. The molecule has 0 bridgehead atoms. The van der Waals surface area contributed by atoms with Crippen molar-refractivity contribution < 1.29 is 19.4 Å². The first-order chi connectivity index (χ1) is 10.5. The van der Waals surface area contributed by atoms with E-state index in [1.165, 1.54) is 0 Å². The molecule has 0 heterocycles. The minimum Gasteiger partial charge on any atom is -0.0936 e. The molecule has 0 spiro atoms. The van der Waals surface area contributed by atoms with E-state index in [0.717, 1.165) is 43.4 Å². The van der Waals surface area contributed by atoms with E-state index in [0.29, 0.717) is 23.3 Å². The second kappa shape index (κ2) is 5.51. The molecule has 0 saturated heterocycles. The second-order valence-corrected chi connectivity index (χ2v) is 8.06. The van der Waals surface area contributed by atoms with E-state index in [9.17, 15) is 19.4 Å². The van der Waals surface area contributed by atoms with E-state index < -0.39 is 15.1 Å². The van der Waals surface area contributed by atoms with Crippen LogP contribution in [0.1, 0.15) is 31.7 Å². The van der Waals surface area contributed by atoms with E-state index in [2.05, 4.69) is 6.92 Å². The van der Waals surface area contributed by atoms with Crippen LogP contribution in [-0.4, -0.2) is 0 Å². The van der Waals surface area contributed by atoms with Gasteiger partial charge in [0.1, 0.15) is 4.90 Å². The average molecular weight is 350 g/mol. The van der Waals surface area contributed by atoms with Crippen LogP contribution in [0, 0.1) is 0 Å². The molecule has 2 rings (SSSR count). The van der Waals surface area contributed by atoms with Gasteiger partial charge in [0.25, 0.3) is 0 Å². The minimum absolute atomic E-state index is 0.450. The summed E-state index contributed by atoms with van der Waals surface area (Å²) in [5.74, 6) is 0. The number of unbranched alkanes of at least 4 members (excludes halogenated alkanes) is 2. The summed E-state index contributed by atoms with van der Waals surface area (Å²) in [5.41, 5.74) is 2.35. The van der Waals surface area contributed by atoms with Gasteiger partial charge >= 0.3 is 10.2 Å². The molecule has 0 N–H and O–H groups in total. The lowest BCUT2D eigenvalue weighted by atomic mass is 10.0. The molecular formula is C17H19F5S. The Bertz CT molecular complexity index is 657. The maximum atomic E-state index is 12.7. The Kier molecular flexibility index (Phi) is 4.26. The van der Waals surface area contributed by atoms with Crippen LogP contribution in [0.3, 0.4) is 0 Å². The zero-order valence-electron chi connectivity index (χ0n) is 12.7. The van der Waals surface area contributed by atoms with Gasteiger partial charge in [-0.1, -0.05) is 75.6 Å². The predicted octanol–water partition coefficient (Wildman–Crippen LogP) is 7.74. The highest BCUT2D eigenvalue weighted by atomic mass is 32.5. The lowest BCUT2D eigenvalue weighted by molar-refractivity contribution is 0.364. The standard InChI is InChI=1S/C17H19F5S/c1-2-3-4-5-14-6-8-15(9-7-14)16-10-12-17(13-11-16)23(18,19,20,21)22/h6-13H,2-5H2,1H3. The zero-order chi connectivity index (χ0) is 17.2. The third-order valence-electron chi connectivity index (χ3n) is 3.66. The number of hydrogen-bond acceptors (Lipinski definition) is 0. The average Bonchev–Trinajstić information content (AvgIpc) is 2.46. The van der Waals surface area contributed by atoms with Crippen LogP contribution in [0.15, 0.2) is 53.4 Å². The molecule has 0 aliphatic rings. The Hall–Kier alpha value is -1.56. The molecule has 23 heavy (non-hydrogen) atoms. The van der Waals surface area contributed by atoms with Crippen LogP contribution in [0.4, 0.5) is 19.4 Å². The maximum Gasteiger partial charge on any atom is 0.310 e. The van der Waals surface area contributed by atoms with Crippen LogP contribution in [0.5, 0.6) is 0 Å². The van der Waals surface area contributed by atoms with E-state index in [1.807, 2.05) is 12.1 Å². The Morgan fingerprint density at radius 3 is 1.61 bits per heavy atom. The van der Waals surface area contributed by atoms with Gasteiger partial charge in [-0.05, 0) is 41.7 Å². The fraction of sp³-hybridized carbons (Fsp3) is 0.294. The smallest absolute Gasteiger partial charge is 0.0936 e. The van der Waals surface area contributed by atoms with Crippen molar-refractivity contribution in [2.45, 2.75) is 37.5 Å². The van der Waals surface area contributed by atoms with Gasteiger partial charge in [-0.3, -0.25) is 0 Å². The Morgan fingerprint density at radius 2 is 1.17 bits per heavy atom. The van der Waals surface area contributed by atoms with E-state index in [-0.39, 0.29) is 0 Å². The molecule has 128 valence electrons. The molecule has 0 amide bonds. The zero-order valence-corrected chi connectivity index (χ0v) is 13.6. The minimum atomic E-state index is -9.59. The number of rotatable bonds is 6. The van der Waals surface area contributed by atoms with Gasteiger partial charge in [0.05, 0.1) is 0 Å². The second-order valence-electron chi connectivity index (χ2n) is 5.65. The van der Waals surface area contributed by atoms with Crippen molar-refractivity contribution in [2.24, 2.45) is 0 Å². The van der Waals surface area contributed by atoms with Crippen LogP contribution in [0.2, 0.25) is 0 Å². The topological polar surface area (TPSA) is 0 Å². The quantitative estimate of drug-likeness (QED) is 0.369. The van der Waals surface area contributed by atoms with E-state index in [4.69, 9.17) is 0 Å². The van der Waals surface area contributed by atoms with E-state index >= 15 is 0 Å². The molecule has 0 saturated carbocycles. The molecule has 0 atom stereocenters. The van der Waals surface area contributed by atoms with Gasteiger partial charge in [0.15, 0.2) is 0 Å². The Labute approximate surface area is 133 Å². The molecule has 0 fully saturated rings. The van der Waals surface area contributed by atoms with Crippen molar-refractivity contribution in [1.82, 2.24) is 0 Å². The maximum absolute atomic E-state index is 12.7. The van der Waals surface area contributed by atoms with Crippen molar-refractivity contribution in [3.8, 4) is 11.1 Å². The third kappa shape index (κ3) is 4.96. The molecule has 0 aliphatic heterocycles. The number of aryl methyl sites for hydroxylation is 1. The lowest BCUT2D eigenvalue weighted by Gasteiger charge is -2.40. The largest absolute Gasteiger partial charge is 0.310 e. The molecule has 0 radical (unpaired) electrons. The molecule has 0 unspecified atom stereocenters. The van der Waals surface area contributed by atoms with Crippen molar-refractivity contribution >= 4 is 10.2 Å². The summed E-state index contributed by atoms with van der Waals surface area (Å²) in [6.07, 6.45) is 4.33. The monoisotopic (exact) mass is 350 g/mol. The third-order valence-corrected chi connectivity index (χ3v) is 4.82. The van der Waals surface area contributed by atoms with Gasteiger partial charge in [-0.2, -0.15) is 0 Å². The number of hydrogen-bond donors (Lipinski definition) is 0. The highest BCUT2D eigenvalue weighted by Gasteiger charge is 2.65. The fourth-order valence-corrected chi connectivity index (χ4v) is 3.00. The number of benzene rings is 2. The highest BCUT2D eigenvalue weighted by molar-refractivity contribution is 8.45. The lowest BCUT2D eigenvalue weighted by Crippen LogP contribution is -2.05. The molecule has 0 aliphatic carbocycles. The molecule has 0 nitrogen and oxygen atoms in total. The fourth-order valence-electron chi connectivity index (χ4n) is 2.35. The normalized spacial score (nSPS) is 15.0. The van der Waals surface area contributed by atoms with Gasteiger partial charge < -0.3 is 0 Å². The van der Waals surface area contributed by atoms with E-state index in [1.54, 1.807) is 12.1 Å². The van der Waals surface area contributed by atoms with Gasteiger partial charge in [0.2, 0.25) is 0 Å². The van der Waals surface area contributed by atoms with Gasteiger partial charge in [0, 0.05) is 0 Å². The van der Waals surface area contributed by atoms with Crippen LogP contribution >= 0.6 is 10.2 Å². The number of halogens is 5. The summed E-state index contributed by atoms with van der Waals surface area (Å²) in [5, 5.41) is 0. The van der Waals surface area contributed by atoms with Crippen LogP contribution in [-0.2, 0) is 6.42 Å². The van der Waals surface area contributed by atoms with Crippen molar-refractivity contribution in [3.05, 3.63) is 54.1 Å². The molecule has 2 aromatic carbocycles. The predicted molar refractivity (Wildman–Crippen MR) is 86.5 cm³/mol. The first kappa shape index (κ1) is 17.8. The molecule has 0 aromatic heterocycles. The first-order valence-corrected chi connectivity index (χ1v) is 9.38. The Morgan fingerprint density at radius 1 is 0.696 bits per heavy atom. The van der Waals surface area contributed by atoms with Crippen molar-refractivity contribution in [1.29, 1.82) is 0 Å². The Balaban J connectivity index is 2.17. The van der Waals surface area contributed by atoms with Gasteiger partial charge in [-0.15, -0.1) is 0 Å². The first-order valence-electron chi connectivity index (χ1n) is 7.43. The summed E-state index contributed by atoms with van der Waals surface area (Å²) in [6, 6.07) is 10.5. The van der Waals surface area contributed by atoms with Crippen molar-refractivity contribution in [3.63, 3.8) is 0 Å². The van der Waals surface area contributed by atoms with Crippen LogP contribution in [0.25, 0.3) is 11.1 Å². The summed E-state index contributed by atoms with van der Waals surface area (Å²) in [4.78, 5) is -1.86. The summed E-state index contributed by atoms with van der Waals surface area (Å²) in [7, 11) is -9.59. The van der Waals surface area contributed by atoms with Gasteiger partial charge in [-0.25, -0.2) is 0 Å². The molecule has 6 heteroatoms. The summed E-state index contributed by atoms with van der Waals surface area (Å²) in [6.45, 7) is 2.12.